The highest BCUT2D eigenvalue weighted by molar-refractivity contribution is 5.75. The fourth-order valence-corrected chi connectivity index (χ4v) is 4.78. The van der Waals surface area contributed by atoms with E-state index in [-0.39, 0.29) is 11.5 Å². The minimum atomic E-state index is -0.422. The number of nitrogens with one attached hydrogen (secondary N) is 1. The van der Waals surface area contributed by atoms with Gasteiger partial charge in [0.25, 0.3) is 0 Å². The lowest BCUT2D eigenvalue weighted by atomic mass is 9.72. The van der Waals surface area contributed by atoms with Gasteiger partial charge >= 0.3 is 0 Å². The van der Waals surface area contributed by atoms with Gasteiger partial charge in [0.1, 0.15) is 0 Å². The fraction of sp³-hybridized carbons (Fsp3) is 0.350. The fourth-order valence-electron chi connectivity index (χ4n) is 4.78. The Kier molecular flexibility index (Phi) is 3.05. The molecular weight excluding hydrogens is 298 g/mol. The van der Waals surface area contributed by atoms with Crippen molar-refractivity contribution >= 4 is 11.0 Å². The van der Waals surface area contributed by atoms with Crippen LogP contribution in [0.25, 0.3) is 11.0 Å². The third kappa shape index (κ3) is 1.78. The Bertz CT molecular complexity index is 895. The summed E-state index contributed by atoms with van der Waals surface area (Å²) in [6.07, 6.45) is 3.42. The molecule has 24 heavy (non-hydrogen) atoms. The monoisotopic (exact) mass is 319 g/mol. The van der Waals surface area contributed by atoms with Crippen molar-refractivity contribution in [3.05, 3.63) is 66.0 Å². The van der Waals surface area contributed by atoms with Gasteiger partial charge in [-0.1, -0.05) is 36.4 Å². The Morgan fingerprint density at radius 3 is 2.67 bits per heavy atom. The van der Waals surface area contributed by atoms with Crippen molar-refractivity contribution in [1.82, 2.24) is 14.9 Å². The molecule has 5 rings (SSSR count). The Labute approximate surface area is 141 Å². The number of piperidine rings is 1. The standard InChI is InChI=1S/C20H21N3O/c24-19-18(23-13-22-16-7-3-4-8-17(16)23)14-5-1-2-6-15(14)20(19)9-11-21-12-10-20/h1-8,13,18-19,21,24H,9-12H2/t18-,19+/m1/s1. The minimum Gasteiger partial charge on any atom is -0.390 e. The van der Waals surface area contributed by atoms with Gasteiger partial charge in [-0.25, -0.2) is 4.98 Å². The number of aliphatic hydroxyl groups is 1. The summed E-state index contributed by atoms with van der Waals surface area (Å²) >= 11 is 0. The molecule has 2 aliphatic rings. The van der Waals surface area contributed by atoms with Crippen molar-refractivity contribution in [2.45, 2.75) is 30.4 Å². The number of benzene rings is 2. The van der Waals surface area contributed by atoms with Crippen LogP contribution < -0.4 is 5.32 Å². The molecule has 1 spiro atoms. The van der Waals surface area contributed by atoms with Crippen LogP contribution in [0.2, 0.25) is 0 Å². The minimum absolute atomic E-state index is 0.0632. The van der Waals surface area contributed by atoms with Crippen LogP contribution in [0, 0.1) is 0 Å². The van der Waals surface area contributed by atoms with E-state index in [1.807, 2.05) is 24.5 Å². The molecule has 0 unspecified atom stereocenters. The normalized spacial score (nSPS) is 25.2. The molecule has 4 heteroatoms. The van der Waals surface area contributed by atoms with Crippen LogP contribution in [0.4, 0.5) is 0 Å². The zero-order valence-corrected chi connectivity index (χ0v) is 13.5. The molecular formula is C20H21N3O. The number of nitrogens with zero attached hydrogens (tertiary/aromatic N) is 2. The van der Waals surface area contributed by atoms with E-state index in [2.05, 4.69) is 45.2 Å². The van der Waals surface area contributed by atoms with Crippen molar-refractivity contribution in [3.8, 4) is 0 Å². The molecule has 1 aliphatic carbocycles. The largest absolute Gasteiger partial charge is 0.390 e. The molecule has 2 heterocycles. The number of aliphatic hydroxyl groups excluding tert-OH is 1. The van der Waals surface area contributed by atoms with Crippen molar-refractivity contribution in [1.29, 1.82) is 0 Å². The summed E-state index contributed by atoms with van der Waals surface area (Å²) in [7, 11) is 0. The first kappa shape index (κ1) is 14.2. The van der Waals surface area contributed by atoms with E-state index in [0.717, 1.165) is 37.0 Å². The molecule has 1 aliphatic heterocycles. The van der Waals surface area contributed by atoms with Gasteiger partial charge in [-0.2, -0.15) is 0 Å². The predicted molar refractivity (Wildman–Crippen MR) is 94.1 cm³/mol. The van der Waals surface area contributed by atoms with Crippen molar-refractivity contribution < 1.29 is 5.11 Å². The molecule has 1 saturated heterocycles. The van der Waals surface area contributed by atoms with Crippen LogP contribution in [0.3, 0.4) is 0 Å². The van der Waals surface area contributed by atoms with E-state index < -0.39 is 6.10 Å². The molecule has 4 nitrogen and oxygen atoms in total. The highest BCUT2D eigenvalue weighted by Gasteiger charge is 2.52. The lowest BCUT2D eigenvalue weighted by Crippen LogP contribution is -2.47. The number of imidazole rings is 1. The molecule has 2 N–H and O–H groups in total. The van der Waals surface area contributed by atoms with Gasteiger partial charge in [-0.15, -0.1) is 0 Å². The third-order valence-corrected chi connectivity index (χ3v) is 5.96. The van der Waals surface area contributed by atoms with Crippen molar-refractivity contribution in [2.24, 2.45) is 0 Å². The van der Waals surface area contributed by atoms with Gasteiger partial charge in [0.15, 0.2) is 0 Å². The van der Waals surface area contributed by atoms with E-state index in [1.165, 1.54) is 11.1 Å². The topological polar surface area (TPSA) is 50.1 Å². The number of hydrogen-bond acceptors (Lipinski definition) is 3. The summed E-state index contributed by atoms with van der Waals surface area (Å²) in [5.41, 5.74) is 4.49. The average molecular weight is 319 g/mol. The molecule has 0 bridgehead atoms. The van der Waals surface area contributed by atoms with E-state index in [9.17, 15) is 5.11 Å². The zero-order chi connectivity index (χ0) is 16.1. The number of para-hydroxylation sites is 2. The molecule has 1 aromatic heterocycles. The maximum absolute atomic E-state index is 11.4. The summed E-state index contributed by atoms with van der Waals surface area (Å²) < 4.78 is 2.16. The maximum atomic E-state index is 11.4. The van der Waals surface area contributed by atoms with Crippen molar-refractivity contribution in [3.63, 3.8) is 0 Å². The number of hydrogen-bond donors (Lipinski definition) is 2. The Morgan fingerprint density at radius 2 is 1.79 bits per heavy atom. The zero-order valence-electron chi connectivity index (χ0n) is 13.5. The average Bonchev–Trinajstić information content (AvgIpc) is 3.15. The van der Waals surface area contributed by atoms with Crippen LogP contribution in [0.5, 0.6) is 0 Å². The van der Waals surface area contributed by atoms with E-state index in [0.29, 0.717) is 0 Å². The summed E-state index contributed by atoms with van der Waals surface area (Å²) in [5.74, 6) is 0. The SMILES string of the molecule is O[C@H]1[C@H](n2cnc3ccccc32)c2ccccc2C12CCNCC2. The van der Waals surface area contributed by atoms with Crippen LogP contribution in [0.15, 0.2) is 54.9 Å². The van der Waals surface area contributed by atoms with Gasteiger partial charge < -0.3 is 15.0 Å². The quantitative estimate of drug-likeness (QED) is 0.725. The maximum Gasteiger partial charge on any atom is 0.0965 e. The van der Waals surface area contributed by atoms with Crippen LogP contribution in [-0.2, 0) is 5.41 Å². The first-order chi connectivity index (χ1) is 11.8. The third-order valence-electron chi connectivity index (χ3n) is 5.96. The van der Waals surface area contributed by atoms with Crippen LogP contribution in [0.1, 0.15) is 30.0 Å². The van der Waals surface area contributed by atoms with Crippen LogP contribution >= 0.6 is 0 Å². The van der Waals surface area contributed by atoms with Gasteiger partial charge in [0, 0.05) is 5.41 Å². The molecule has 2 atom stereocenters. The van der Waals surface area contributed by atoms with Gasteiger partial charge in [-0.05, 0) is 49.2 Å². The smallest absolute Gasteiger partial charge is 0.0965 e. The number of rotatable bonds is 1. The second-order valence-electron chi connectivity index (χ2n) is 7.02. The summed E-state index contributed by atoms with van der Waals surface area (Å²) in [6.45, 7) is 1.92. The summed E-state index contributed by atoms with van der Waals surface area (Å²) in [6, 6.07) is 16.7. The second kappa shape index (κ2) is 5.16. The van der Waals surface area contributed by atoms with E-state index in [1.54, 1.807) is 0 Å². The first-order valence-corrected chi connectivity index (χ1v) is 8.71. The Balaban J connectivity index is 1.72. The highest BCUT2D eigenvalue weighted by atomic mass is 16.3. The van der Waals surface area contributed by atoms with Gasteiger partial charge in [0.2, 0.25) is 0 Å². The summed E-state index contributed by atoms with van der Waals surface area (Å²) in [4.78, 5) is 4.54. The number of fused-ring (bicyclic) bond motifs is 3. The predicted octanol–water partition coefficient (Wildman–Crippen LogP) is 2.62. The molecule has 3 aromatic rings. The van der Waals surface area contributed by atoms with E-state index in [4.69, 9.17) is 0 Å². The molecule has 1 fully saturated rings. The van der Waals surface area contributed by atoms with Gasteiger partial charge in [0.05, 0.1) is 29.5 Å². The number of aromatic nitrogens is 2. The highest BCUT2D eigenvalue weighted by Crippen LogP contribution is 2.51. The first-order valence-electron chi connectivity index (χ1n) is 8.71. The molecule has 2 aromatic carbocycles. The van der Waals surface area contributed by atoms with Gasteiger partial charge in [-0.3, -0.25) is 0 Å². The lowest BCUT2D eigenvalue weighted by Gasteiger charge is -2.39. The lowest BCUT2D eigenvalue weighted by molar-refractivity contribution is 0.0468. The summed E-state index contributed by atoms with van der Waals surface area (Å²) in [5, 5.41) is 14.9. The molecule has 122 valence electrons. The Morgan fingerprint density at radius 1 is 1.04 bits per heavy atom. The molecule has 0 saturated carbocycles. The second-order valence-corrected chi connectivity index (χ2v) is 7.02. The molecule has 0 radical (unpaired) electrons. The Hall–Kier alpha value is -2.17. The molecule has 0 amide bonds. The van der Waals surface area contributed by atoms with Crippen molar-refractivity contribution in [2.75, 3.05) is 13.1 Å². The van der Waals surface area contributed by atoms with E-state index >= 15 is 0 Å². The van der Waals surface area contributed by atoms with Crippen LogP contribution in [-0.4, -0.2) is 33.9 Å².